The summed E-state index contributed by atoms with van der Waals surface area (Å²) in [6.07, 6.45) is 3.53. The molecule has 0 aliphatic carbocycles. The largest absolute Gasteiger partial charge is 0.253 e. The molecule has 0 aromatic carbocycles. The van der Waals surface area contributed by atoms with Gasteiger partial charge in [-0.15, -0.1) is 0 Å². The molecule has 3 heterocycles. The number of hydrogen-bond donors (Lipinski definition) is 0. The Morgan fingerprint density at radius 1 is 0.619 bits per heavy atom. The zero-order valence-electron chi connectivity index (χ0n) is 10.3. The molecule has 0 fully saturated rings. The van der Waals surface area contributed by atoms with Crippen LogP contribution in [0, 0.1) is 0 Å². The van der Waals surface area contributed by atoms with E-state index in [1.165, 1.54) is 0 Å². The van der Waals surface area contributed by atoms with Crippen LogP contribution in [0.2, 0.25) is 0 Å². The number of hydrogen-bond acceptors (Lipinski definition) is 3. The summed E-state index contributed by atoms with van der Waals surface area (Å²) in [4.78, 5) is 13.3. The summed E-state index contributed by atoms with van der Waals surface area (Å²) in [5.74, 6) is 0. The van der Waals surface area contributed by atoms with Gasteiger partial charge in [-0.1, -0.05) is 13.5 Å². The average Bonchev–Trinajstić information content (AvgIpc) is 2.49. The lowest BCUT2D eigenvalue weighted by Gasteiger charge is -2.04. The Morgan fingerprint density at radius 3 is 1.48 bits per heavy atom. The van der Waals surface area contributed by atoms with Gasteiger partial charge in [-0.3, -0.25) is 9.97 Å². The van der Waals surface area contributed by atoms with E-state index in [4.69, 9.17) is 0 Å². The summed E-state index contributed by atoms with van der Waals surface area (Å²) < 4.78 is 1.90. The predicted octanol–water partition coefficient (Wildman–Crippen LogP) is 5.37. The van der Waals surface area contributed by atoms with Crippen molar-refractivity contribution in [1.29, 1.82) is 0 Å². The summed E-state index contributed by atoms with van der Waals surface area (Å²) in [5.41, 5.74) is 3.35. The molecule has 0 aliphatic heterocycles. The molecule has 0 bridgehead atoms. The van der Waals surface area contributed by atoms with Crippen LogP contribution in [0.15, 0.2) is 63.8 Å². The Hall–Kier alpha value is -1.59. The fourth-order valence-corrected chi connectivity index (χ4v) is 2.24. The van der Waals surface area contributed by atoms with Crippen LogP contribution in [-0.4, -0.2) is 15.0 Å². The van der Waals surface area contributed by atoms with Gasteiger partial charge in [0.15, 0.2) is 0 Å². The number of aromatic nitrogens is 3. The first-order valence-corrected chi connectivity index (χ1v) is 7.52. The van der Waals surface area contributed by atoms with Crippen molar-refractivity contribution in [1.82, 2.24) is 15.0 Å². The maximum Gasteiger partial charge on any atom is 0.0894 e. The Labute approximate surface area is 140 Å². The van der Waals surface area contributed by atoms with E-state index < -0.39 is 0 Å². The predicted molar refractivity (Wildman–Crippen MR) is 92.8 cm³/mol. The van der Waals surface area contributed by atoms with E-state index in [-0.39, 0.29) is 7.43 Å². The Kier molecular flexibility index (Phi) is 5.20. The quantitative estimate of drug-likeness (QED) is 0.574. The van der Waals surface area contributed by atoms with Crippen molar-refractivity contribution in [2.45, 2.75) is 7.43 Å². The van der Waals surface area contributed by atoms with Gasteiger partial charge in [0.05, 0.1) is 22.8 Å². The van der Waals surface area contributed by atoms with E-state index in [9.17, 15) is 0 Å². The van der Waals surface area contributed by atoms with Crippen molar-refractivity contribution in [3.63, 3.8) is 0 Å². The van der Waals surface area contributed by atoms with Crippen molar-refractivity contribution in [3.8, 4) is 22.8 Å². The van der Waals surface area contributed by atoms with E-state index in [1.54, 1.807) is 12.4 Å². The van der Waals surface area contributed by atoms with Crippen LogP contribution in [0.25, 0.3) is 22.8 Å². The van der Waals surface area contributed by atoms with Crippen molar-refractivity contribution in [2.75, 3.05) is 0 Å². The molecular weight excluding hydrogens is 394 g/mol. The molecule has 0 radical (unpaired) electrons. The smallest absolute Gasteiger partial charge is 0.0894 e. The van der Waals surface area contributed by atoms with Gasteiger partial charge in [-0.05, 0) is 68.3 Å². The van der Waals surface area contributed by atoms with Crippen molar-refractivity contribution < 1.29 is 0 Å². The van der Waals surface area contributed by atoms with Crippen LogP contribution >= 0.6 is 31.9 Å². The van der Waals surface area contributed by atoms with Crippen LogP contribution in [0.1, 0.15) is 7.43 Å². The minimum Gasteiger partial charge on any atom is -0.253 e. The highest BCUT2D eigenvalue weighted by Gasteiger charge is 2.05. The Bertz CT molecular complexity index is 665. The van der Waals surface area contributed by atoms with Crippen LogP contribution in [0.4, 0.5) is 0 Å². The normalized spacial score (nSPS) is 10.0. The lowest BCUT2D eigenvalue weighted by molar-refractivity contribution is 1.21. The highest BCUT2D eigenvalue weighted by atomic mass is 79.9. The van der Waals surface area contributed by atoms with Gasteiger partial charge in [0.25, 0.3) is 0 Å². The third kappa shape index (κ3) is 3.74. The SMILES string of the molecule is Brc1ccc(-c2cccc(-c3ccc(Br)cn3)n2)nc1.C. The zero-order chi connectivity index (χ0) is 13.9. The summed E-state index contributed by atoms with van der Waals surface area (Å²) >= 11 is 6.76. The fraction of sp³-hybridized carbons (Fsp3) is 0.0625. The summed E-state index contributed by atoms with van der Waals surface area (Å²) in [5, 5.41) is 0. The third-order valence-corrected chi connectivity index (χ3v) is 3.67. The van der Waals surface area contributed by atoms with Gasteiger partial charge in [0.2, 0.25) is 0 Å². The van der Waals surface area contributed by atoms with E-state index in [2.05, 4.69) is 46.8 Å². The number of nitrogens with zero attached hydrogens (tertiary/aromatic N) is 3. The first-order valence-electron chi connectivity index (χ1n) is 5.93. The molecule has 3 rings (SSSR count). The second-order valence-electron chi connectivity index (χ2n) is 4.13. The second kappa shape index (κ2) is 6.91. The minimum atomic E-state index is 0. The van der Waals surface area contributed by atoms with Gasteiger partial charge in [0.1, 0.15) is 0 Å². The first-order chi connectivity index (χ1) is 9.72. The molecule has 0 aliphatic rings. The second-order valence-corrected chi connectivity index (χ2v) is 5.96. The molecule has 5 heteroatoms. The maximum absolute atomic E-state index is 4.62. The lowest BCUT2D eigenvalue weighted by Crippen LogP contribution is -1.91. The topological polar surface area (TPSA) is 38.7 Å². The van der Waals surface area contributed by atoms with Crippen molar-refractivity contribution in [3.05, 3.63) is 63.8 Å². The lowest BCUT2D eigenvalue weighted by atomic mass is 10.2. The standard InChI is InChI=1S/C15H9Br2N3.CH4/c16-10-4-6-12(18-8-10)14-2-1-3-15(20-14)13-7-5-11(17)9-19-13;/h1-9H;1H4. The number of halogens is 2. The molecule has 0 saturated heterocycles. The first kappa shape index (κ1) is 15.8. The van der Waals surface area contributed by atoms with Gasteiger partial charge in [0, 0.05) is 21.3 Å². The molecule has 21 heavy (non-hydrogen) atoms. The molecule has 0 spiro atoms. The molecule has 3 aromatic rings. The maximum atomic E-state index is 4.62. The summed E-state index contributed by atoms with van der Waals surface area (Å²) in [6.45, 7) is 0. The fourth-order valence-electron chi connectivity index (χ4n) is 1.77. The molecule has 0 N–H and O–H groups in total. The Morgan fingerprint density at radius 2 is 1.10 bits per heavy atom. The molecule has 3 aromatic heterocycles. The van der Waals surface area contributed by atoms with E-state index in [0.717, 1.165) is 31.7 Å². The van der Waals surface area contributed by atoms with Crippen molar-refractivity contribution in [2.24, 2.45) is 0 Å². The zero-order valence-corrected chi connectivity index (χ0v) is 13.5. The van der Waals surface area contributed by atoms with Crippen LogP contribution < -0.4 is 0 Å². The molecule has 0 saturated carbocycles. The molecule has 0 amide bonds. The van der Waals surface area contributed by atoms with E-state index >= 15 is 0 Å². The summed E-state index contributed by atoms with van der Waals surface area (Å²) in [7, 11) is 0. The van der Waals surface area contributed by atoms with Gasteiger partial charge >= 0.3 is 0 Å². The van der Waals surface area contributed by atoms with Gasteiger partial charge < -0.3 is 0 Å². The molecule has 0 unspecified atom stereocenters. The van der Waals surface area contributed by atoms with E-state index in [1.807, 2.05) is 42.5 Å². The minimum absolute atomic E-state index is 0. The molecule has 0 atom stereocenters. The van der Waals surface area contributed by atoms with Gasteiger partial charge in [-0.2, -0.15) is 0 Å². The Balaban J connectivity index is 0.00000161. The van der Waals surface area contributed by atoms with Crippen LogP contribution in [-0.2, 0) is 0 Å². The van der Waals surface area contributed by atoms with Gasteiger partial charge in [-0.25, -0.2) is 4.98 Å². The number of rotatable bonds is 2. The van der Waals surface area contributed by atoms with Crippen LogP contribution in [0.5, 0.6) is 0 Å². The van der Waals surface area contributed by atoms with Crippen molar-refractivity contribution >= 4 is 31.9 Å². The number of pyridine rings is 3. The van der Waals surface area contributed by atoms with E-state index in [0.29, 0.717) is 0 Å². The van der Waals surface area contributed by atoms with Crippen LogP contribution in [0.3, 0.4) is 0 Å². The monoisotopic (exact) mass is 405 g/mol. The molecule has 3 nitrogen and oxygen atoms in total. The molecule has 106 valence electrons. The average molecular weight is 407 g/mol. The highest BCUT2D eigenvalue weighted by Crippen LogP contribution is 2.22. The third-order valence-electron chi connectivity index (χ3n) is 2.73. The molecular formula is C16H13Br2N3. The summed E-state index contributed by atoms with van der Waals surface area (Å²) in [6, 6.07) is 13.6. The highest BCUT2D eigenvalue weighted by molar-refractivity contribution is 9.10.